The fourth-order valence-corrected chi connectivity index (χ4v) is 2.73. The second kappa shape index (κ2) is 7.34. The molecule has 1 aliphatic rings. The van der Waals surface area contributed by atoms with E-state index in [9.17, 15) is 4.79 Å². The topological polar surface area (TPSA) is 88.5 Å². The minimum atomic E-state index is 0.0948. The molecule has 2 N–H and O–H groups in total. The van der Waals surface area contributed by atoms with Gasteiger partial charge in [0.15, 0.2) is 5.82 Å². The lowest BCUT2D eigenvalue weighted by Gasteiger charge is -2.21. The first-order valence-corrected chi connectivity index (χ1v) is 7.84. The second-order valence-corrected chi connectivity index (χ2v) is 5.60. The van der Waals surface area contributed by atoms with Crippen LogP contribution < -0.4 is 5.73 Å². The van der Waals surface area contributed by atoms with Crippen molar-refractivity contribution in [1.29, 1.82) is 0 Å². The molecule has 7 heteroatoms. The highest BCUT2D eigenvalue weighted by molar-refractivity contribution is 5.94. The minimum Gasteiger partial charge on any atom is -0.338 e. The van der Waals surface area contributed by atoms with E-state index in [1.54, 1.807) is 0 Å². The second-order valence-electron chi connectivity index (χ2n) is 5.60. The van der Waals surface area contributed by atoms with Gasteiger partial charge in [-0.05, 0) is 18.6 Å². The zero-order chi connectivity index (χ0) is 16.1. The summed E-state index contributed by atoms with van der Waals surface area (Å²) in [5.74, 6) is 1.20. The van der Waals surface area contributed by atoms with Crippen LogP contribution in [0.2, 0.25) is 0 Å². The van der Waals surface area contributed by atoms with Gasteiger partial charge in [0.05, 0.1) is 13.1 Å². The predicted octanol–water partition coefficient (Wildman–Crippen LogP) is 0.876. The van der Waals surface area contributed by atoms with Crippen LogP contribution in [0.3, 0.4) is 0 Å². The van der Waals surface area contributed by atoms with Crippen molar-refractivity contribution in [2.24, 2.45) is 5.73 Å². The number of amides is 1. The third kappa shape index (κ3) is 3.94. The van der Waals surface area contributed by atoms with Crippen LogP contribution in [0, 0.1) is 0 Å². The standard InChI is InChI=1S/C16H21N5O2/c17-11-15-18-14(19-23-15)12-20-7-4-8-21(10-9-20)16(22)13-5-2-1-3-6-13/h1-3,5-6H,4,7-12,17H2. The van der Waals surface area contributed by atoms with Crippen LogP contribution in [-0.4, -0.2) is 52.0 Å². The van der Waals surface area contributed by atoms with Crippen LogP contribution in [-0.2, 0) is 13.1 Å². The first-order chi connectivity index (χ1) is 11.3. The summed E-state index contributed by atoms with van der Waals surface area (Å²) < 4.78 is 5.03. The third-order valence-corrected chi connectivity index (χ3v) is 3.95. The zero-order valence-electron chi connectivity index (χ0n) is 13.0. The molecule has 0 radical (unpaired) electrons. The summed E-state index contributed by atoms with van der Waals surface area (Å²) in [6.45, 7) is 4.05. The van der Waals surface area contributed by atoms with Gasteiger partial charge in [-0.25, -0.2) is 0 Å². The summed E-state index contributed by atoms with van der Waals surface area (Å²) in [7, 11) is 0. The predicted molar refractivity (Wildman–Crippen MR) is 84.4 cm³/mol. The smallest absolute Gasteiger partial charge is 0.253 e. The lowest BCUT2D eigenvalue weighted by atomic mass is 10.2. The normalized spacial score (nSPS) is 16.3. The van der Waals surface area contributed by atoms with E-state index in [1.165, 1.54) is 0 Å². The third-order valence-electron chi connectivity index (χ3n) is 3.95. The number of carbonyl (C=O) groups is 1. The van der Waals surface area contributed by atoms with Crippen molar-refractivity contribution in [2.75, 3.05) is 26.2 Å². The highest BCUT2D eigenvalue weighted by Crippen LogP contribution is 2.11. The largest absolute Gasteiger partial charge is 0.338 e. The fraction of sp³-hybridized carbons (Fsp3) is 0.438. The van der Waals surface area contributed by atoms with E-state index in [2.05, 4.69) is 15.0 Å². The van der Waals surface area contributed by atoms with Gasteiger partial charge < -0.3 is 15.2 Å². The van der Waals surface area contributed by atoms with Crippen molar-refractivity contribution in [3.63, 3.8) is 0 Å². The van der Waals surface area contributed by atoms with E-state index in [1.807, 2.05) is 35.2 Å². The van der Waals surface area contributed by atoms with Crippen molar-refractivity contribution in [3.8, 4) is 0 Å². The molecule has 1 fully saturated rings. The van der Waals surface area contributed by atoms with E-state index in [0.717, 1.165) is 31.6 Å². The molecular formula is C16H21N5O2. The van der Waals surface area contributed by atoms with Crippen molar-refractivity contribution in [3.05, 3.63) is 47.6 Å². The Morgan fingerprint density at radius 1 is 1.17 bits per heavy atom. The molecule has 0 atom stereocenters. The van der Waals surface area contributed by atoms with Gasteiger partial charge in [0.2, 0.25) is 5.89 Å². The number of aromatic nitrogens is 2. The van der Waals surface area contributed by atoms with Gasteiger partial charge >= 0.3 is 0 Å². The van der Waals surface area contributed by atoms with Crippen molar-refractivity contribution < 1.29 is 9.32 Å². The lowest BCUT2D eigenvalue weighted by molar-refractivity contribution is 0.0761. The first kappa shape index (κ1) is 15.6. The average Bonchev–Trinajstić information content (AvgIpc) is 2.92. The first-order valence-electron chi connectivity index (χ1n) is 7.84. The van der Waals surface area contributed by atoms with Gasteiger partial charge in [-0.15, -0.1) is 0 Å². The summed E-state index contributed by atoms with van der Waals surface area (Å²) in [4.78, 5) is 20.9. The molecule has 0 aliphatic carbocycles. The molecule has 0 unspecified atom stereocenters. The molecular weight excluding hydrogens is 294 g/mol. The van der Waals surface area contributed by atoms with Crippen molar-refractivity contribution >= 4 is 5.91 Å². The Labute approximate surface area is 135 Å². The van der Waals surface area contributed by atoms with Gasteiger partial charge in [0.1, 0.15) is 0 Å². The highest BCUT2D eigenvalue weighted by Gasteiger charge is 2.21. The maximum absolute atomic E-state index is 12.5. The Kier molecular flexibility index (Phi) is 4.99. The molecule has 0 saturated carbocycles. The molecule has 1 aliphatic heterocycles. The minimum absolute atomic E-state index is 0.0948. The fourth-order valence-electron chi connectivity index (χ4n) is 2.73. The molecule has 23 heavy (non-hydrogen) atoms. The van der Waals surface area contributed by atoms with Crippen LogP contribution in [0.5, 0.6) is 0 Å². The molecule has 1 amide bonds. The summed E-state index contributed by atoms with van der Waals surface area (Å²) in [5, 5.41) is 3.93. The van der Waals surface area contributed by atoms with Crippen LogP contribution in [0.1, 0.15) is 28.5 Å². The van der Waals surface area contributed by atoms with Gasteiger partial charge in [0, 0.05) is 31.7 Å². The van der Waals surface area contributed by atoms with E-state index >= 15 is 0 Å². The summed E-state index contributed by atoms with van der Waals surface area (Å²) in [5.41, 5.74) is 6.22. The summed E-state index contributed by atoms with van der Waals surface area (Å²) in [6.07, 6.45) is 0.931. The van der Waals surface area contributed by atoms with E-state index in [0.29, 0.717) is 24.8 Å². The van der Waals surface area contributed by atoms with Crippen LogP contribution in [0.15, 0.2) is 34.9 Å². The number of nitrogens with zero attached hydrogens (tertiary/aromatic N) is 4. The molecule has 1 aromatic heterocycles. The number of hydrogen-bond acceptors (Lipinski definition) is 6. The van der Waals surface area contributed by atoms with Crippen LogP contribution in [0.25, 0.3) is 0 Å². The van der Waals surface area contributed by atoms with Gasteiger partial charge in [0.25, 0.3) is 5.91 Å². The quantitative estimate of drug-likeness (QED) is 0.901. The Balaban J connectivity index is 1.57. The summed E-state index contributed by atoms with van der Waals surface area (Å²) >= 11 is 0. The molecule has 3 rings (SSSR count). The molecule has 1 aromatic carbocycles. The van der Waals surface area contributed by atoms with Crippen molar-refractivity contribution in [1.82, 2.24) is 19.9 Å². The van der Waals surface area contributed by atoms with Crippen molar-refractivity contribution in [2.45, 2.75) is 19.5 Å². The summed E-state index contributed by atoms with van der Waals surface area (Å²) in [6, 6.07) is 9.42. The number of nitrogens with two attached hydrogens (primary N) is 1. The molecule has 0 spiro atoms. The van der Waals surface area contributed by atoms with E-state index in [-0.39, 0.29) is 12.5 Å². The van der Waals surface area contributed by atoms with Gasteiger partial charge in [-0.1, -0.05) is 23.4 Å². The Hall–Kier alpha value is -2.25. The SMILES string of the molecule is NCc1nc(CN2CCCN(C(=O)c3ccccc3)CC2)no1. The van der Waals surface area contributed by atoms with Gasteiger partial charge in [-0.3, -0.25) is 9.69 Å². The number of carbonyl (C=O) groups excluding carboxylic acids is 1. The Morgan fingerprint density at radius 2 is 2.00 bits per heavy atom. The monoisotopic (exact) mass is 315 g/mol. The maximum Gasteiger partial charge on any atom is 0.253 e. The molecule has 1 saturated heterocycles. The van der Waals surface area contributed by atoms with E-state index < -0.39 is 0 Å². The van der Waals surface area contributed by atoms with E-state index in [4.69, 9.17) is 10.3 Å². The Morgan fingerprint density at radius 3 is 2.74 bits per heavy atom. The number of hydrogen-bond donors (Lipinski definition) is 1. The highest BCUT2D eigenvalue weighted by atomic mass is 16.5. The molecule has 122 valence electrons. The number of rotatable bonds is 4. The molecule has 0 bridgehead atoms. The van der Waals surface area contributed by atoms with Crippen LogP contribution in [0.4, 0.5) is 0 Å². The van der Waals surface area contributed by atoms with Crippen LogP contribution >= 0.6 is 0 Å². The maximum atomic E-state index is 12.5. The Bertz CT molecular complexity index is 643. The molecule has 2 aromatic rings. The molecule has 2 heterocycles. The zero-order valence-corrected chi connectivity index (χ0v) is 13.0. The number of benzene rings is 1. The lowest BCUT2D eigenvalue weighted by Crippen LogP contribution is -2.35. The average molecular weight is 315 g/mol. The molecule has 7 nitrogen and oxygen atoms in total. The van der Waals surface area contributed by atoms with Gasteiger partial charge in [-0.2, -0.15) is 4.98 Å².